The van der Waals surface area contributed by atoms with Gasteiger partial charge >= 0.3 is 0 Å². The molecular formula is C18H15IN2O2. The summed E-state index contributed by atoms with van der Waals surface area (Å²) in [6.45, 7) is 0. The molecule has 1 aliphatic carbocycles. The molecule has 2 aliphatic rings. The minimum Gasteiger partial charge on any atom is -0.377 e. The minimum absolute atomic E-state index is 0.0957. The lowest BCUT2D eigenvalue weighted by Crippen LogP contribution is -2.29. The molecule has 1 aliphatic heterocycles. The number of nitrogens with zero attached hydrogens (tertiary/aromatic N) is 1. The Morgan fingerprint density at radius 3 is 2.87 bits per heavy atom. The van der Waals surface area contributed by atoms with Crippen LogP contribution in [0.1, 0.15) is 29.5 Å². The van der Waals surface area contributed by atoms with Gasteiger partial charge in [-0.15, -0.1) is 0 Å². The zero-order valence-electron chi connectivity index (χ0n) is 12.3. The molecule has 3 atom stereocenters. The topological polar surface area (TPSA) is 55.2 Å². The summed E-state index contributed by atoms with van der Waals surface area (Å²) >= 11 is 2.35. The van der Waals surface area contributed by atoms with Gasteiger partial charge in [-0.1, -0.05) is 36.4 Å². The van der Waals surface area contributed by atoms with Crippen LogP contribution in [0.5, 0.6) is 0 Å². The predicted octanol–water partition coefficient (Wildman–Crippen LogP) is 5.03. The number of nitro groups is 1. The lowest BCUT2D eigenvalue weighted by molar-refractivity contribution is -0.384. The van der Waals surface area contributed by atoms with E-state index >= 15 is 0 Å². The maximum atomic E-state index is 11.1. The van der Waals surface area contributed by atoms with E-state index in [9.17, 15) is 10.1 Å². The number of fused-ring (bicyclic) bond motifs is 3. The van der Waals surface area contributed by atoms with E-state index in [1.54, 1.807) is 18.2 Å². The van der Waals surface area contributed by atoms with Crippen LogP contribution in [0.15, 0.2) is 54.6 Å². The molecule has 116 valence electrons. The molecule has 0 bridgehead atoms. The fraction of sp³-hybridized carbons (Fsp3) is 0.222. The maximum absolute atomic E-state index is 11.1. The fourth-order valence-corrected chi connectivity index (χ4v) is 4.42. The van der Waals surface area contributed by atoms with Crippen LogP contribution < -0.4 is 5.32 Å². The van der Waals surface area contributed by atoms with Crippen molar-refractivity contribution in [2.45, 2.75) is 18.4 Å². The number of benzene rings is 2. The van der Waals surface area contributed by atoms with Gasteiger partial charge in [0.2, 0.25) is 0 Å². The van der Waals surface area contributed by atoms with Gasteiger partial charge in [0, 0.05) is 21.6 Å². The molecule has 0 unspecified atom stereocenters. The Kier molecular flexibility index (Phi) is 3.60. The number of para-hydroxylation sites is 1. The van der Waals surface area contributed by atoms with E-state index < -0.39 is 0 Å². The normalized spacial score (nSPS) is 24.7. The van der Waals surface area contributed by atoms with Gasteiger partial charge < -0.3 is 5.32 Å². The van der Waals surface area contributed by atoms with E-state index in [1.807, 2.05) is 6.07 Å². The van der Waals surface area contributed by atoms with Crippen molar-refractivity contribution in [3.8, 4) is 0 Å². The number of hydrogen-bond acceptors (Lipinski definition) is 3. The molecule has 0 spiro atoms. The number of anilines is 1. The van der Waals surface area contributed by atoms with Gasteiger partial charge in [0.1, 0.15) is 0 Å². The number of nitrogens with one attached hydrogen (secondary N) is 1. The molecule has 23 heavy (non-hydrogen) atoms. The first kappa shape index (κ1) is 14.7. The van der Waals surface area contributed by atoms with Crippen LogP contribution in [0.2, 0.25) is 0 Å². The van der Waals surface area contributed by atoms with E-state index in [1.165, 1.54) is 9.13 Å². The highest BCUT2D eigenvalue weighted by Crippen LogP contribution is 2.50. The van der Waals surface area contributed by atoms with Crippen LogP contribution in [-0.2, 0) is 0 Å². The summed E-state index contributed by atoms with van der Waals surface area (Å²) in [4.78, 5) is 10.8. The number of halogens is 1. The number of nitro benzene ring substituents is 1. The number of allylic oxidation sites excluding steroid dienone is 2. The zero-order valence-corrected chi connectivity index (χ0v) is 14.4. The molecule has 1 heterocycles. The Morgan fingerprint density at radius 2 is 2.04 bits per heavy atom. The summed E-state index contributed by atoms with van der Waals surface area (Å²) in [7, 11) is 0. The van der Waals surface area contributed by atoms with Crippen molar-refractivity contribution >= 4 is 34.0 Å². The van der Waals surface area contributed by atoms with Gasteiger partial charge in [0.25, 0.3) is 5.69 Å². The molecule has 0 amide bonds. The van der Waals surface area contributed by atoms with Crippen molar-refractivity contribution in [2.24, 2.45) is 5.92 Å². The second-order valence-corrected chi connectivity index (χ2v) is 7.19. The van der Waals surface area contributed by atoms with Gasteiger partial charge in [-0.3, -0.25) is 10.1 Å². The summed E-state index contributed by atoms with van der Waals surface area (Å²) < 4.78 is 1.19. The van der Waals surface area contributed by atoms with Crippen molar-refractivity contribution in [3.05, 3.63) is 79.4 Å². The Morgan fingerprint density at radius 1 is 1.22 bits per heavy atom. The lowest BCUT2D eigenvalue weighted by Gasteiger charge is -2.38. The van der Waals surface area contributed by atoms with E-state index in [0.717, 1.165) is 17.7 Å². The number of rotatable bonds is 2. The standard InChI is InChI=1S/C18H15IN2O2/c19-16-9-3-8-15-13-6-2-7-14(13)17(20-18(15)16)11-4-1-5-12(10-11)21(22)23/h1-6,8-10,13-14,17,20H,7H2/t13-,14+,17-/m0/s1. The zero-order chi connectivity index (χ0) is 16.0. The highest BCUT2D eigenvalue weighted by molar-refractivity contribution is 14.1. The highest BCUT2D eigenvalue weighted by Gasteiger charge is 2.38. The molecule has 5 heteroatoms. The Hall–Kier alpha value is -1.89. The van der Waals surface area contributed by atoms with E-state index in [4.69, 9.17) is 0 Å². The highest BCUT2D eigenvalue weighted by atomic mass is 127. The number of hydrogen-bond donors (Lipinski definition) is 1. The Balaban J connectivity index is 1.80. The molecule has 4 rings (SSSR count). The van der Waals surface area contributed by atoms with Crippen LogP contribution in [0, 0.1) is 19.6 Å². The average molecular weight is 418 g/mol. The second kappa shape index (κ2) is 5.63. The SMILES string of the molecule is O=[N+]([O-])c1cccc([C@@H]2Nc3c(I)cccc3[C@H]3C=CC[C@H]32)c1. The van der Waals surface area contributed by atoms with Gasteiger partial charge in [-0.25, -0.2) is 0 Å². The molecule has 0 saturated heterocycles. The van der Waals surface area contributed by atoms with Crippen molar-refractivity contribution < 1.29 is 4.92 Å². The summed E-state index contributed by atoms with van der Waals surface area (Å²) in [5.74, 6) is 0.785. The third kappa shape index (κ3) is 2.43. The Labute approximate surface area is 147 Å². The van der Waals surface area contributed by atoms with Gasteiger partial charge in [-0.2, -0.15) is 0 Å². The Bertz CT molecular complexity index is 818. The largest absolute Gasteiger partial charge is 0.377 e. The quantitative estimate of drug-likeness (QED) is 0.322. The van der Waals surface area contributed by atoms with Crippen molar-refractivity contribution in [1.29, 1.82) is 0 Å². The third-order valence-electron chi connectivity index (χ3n) is 4.79. The van der Waals surface area contributed by atoms with Crippen molar-refractivity contribution in [1.82, 2.24) is 0 Å². The summed E-state index contributed by atoms with van der Waals surface area (Å²) in [5.41, 5.74) is 3.64. The summed E-state index contributed by atoms with van der Waals surface area (Å²) in [5, 5.41) is 14.7. The van der Waals surface area contributed by atoms with Gasteiger partial charge in [0.05, 0.1) is 16.7 Å². The average Bonchev–Trinajstić information content (AvgIpc) is 3.04. The van der Waals surface area contributed by atoms with Gasteiger partial charge in [-0.05, 0) is 52.1 Å². The lowest BCUT2D eigenvalue weighted by atomic mass is 9.77. The molecule has 0 fully saturated rings. The first-order valence-corrected chi connectivity index (χ1v) is 8.69. The van der Waals surface area contributed by atoms with Crippen LogP contribution in [0.3, 0.4) is 0 Å². The summed E-state index contributed by atoms with van der Waals surface area (Å²) in [6, 6.07) is 13.5. The van der Waals surface area contributed by atoms with Crippen molar-refractivity contribution in [2.75, 3.05) is 5.32 Å². The fourth-order valence-electron chi connectivity index (χ4n) is 3.75. The molecule has 2 aromatic rings. The smallest absolute Gasteiger partial charge is 0.269 e. The number of non-ortho nitro benzene ring substituents is 1. The van der Waals surface area contributed by atoms with Gasteiger partial charge in [0.15, 0.2) is 0 Å². The van der Waals surface area contributed by atoms with Crippen molar-refractivity contribution in [3.63, 3.8) is 0 Å². The molecule has 0 radical (unpaired) electrons. The summed E-state index contributed by atoms with van der Waals surface area (Å²) in [6.07, 6.45) is 5.51. The molecule has 2 aromatic carbocycles. The molecule has 1 N–H and O–H groups in total. The van der Waals surface area contributed by atoms with E-state index in [0.29, 0.717) is 11.8 Å². The van der Waals surface area contributed by atoms with Crippen LogP contribution in [-0.4, -0.2) is 4.92 Å². The molecule has 4 nitrogen and oxygen atoms in total. The monoisotopic (exact) mass is 418 g/mol. The van der Waals surface area contributed by atoms with Crippen LogP contribution in [0.4, 0.5) is 11.4 Å². The molecule has 0 saturated carbocycles. The second-order valence-electron chi connectivity index (χ2n) is 6.03. The molecule has 0 aromatic heterocycles. The predicted molar refractivity (Wildman–Crippen MR) is 98.6 cm³/mol. The van der Waals surface area contributed by atoms with Crippen LogP contribution >= 0.6 is 22.6 Å². The van der Waals surface area contributed by atoms with Crippen LogP contribution in [0.25, 0.3) is 0 Å². The first-order valence-electron chi connectivity index (χ1n) is 7.61. The minimum atomic E-state index is -0.325. The maximum Gasteiger partial charge on any atom is 0.269 e. The molecular weight excluding hydrogens is 403 g/mol. The van der Waals surface area contributed by atoms with E-state index in [-0.39, 0.29) is 16.7 Å². The first-order chi connectivity index (χ1) is 11.1. The third-order valence-corrected chi connectivity index (χ3v) is 5.68. The van der Waals surface area contributed by atoms with E-state index in [2.05, 4.69) is 58.3 Å².